The molecule has 15 heavy (non-hydrogen) atoms. The molecule has 2 rings (SSSR count). The topological polar surface area (TPSA) is 49.7 Å². The molecular weight excluding hydrogens is 192 g/mol. The third kappa shape index (κ3) is 1.91. The molecule has 3 atom stereocenters. The number of aliphatic hydroxyl groups is 2. The van der Waals surface area contributed by atoms with Crippen molar-refractivity contribution in [3.63, 3.8) is 0 Å². The number of rotatable bonds is 2. The van der Waals surface area contributed by atoms with Gasteiger partial charge in [-0.15, -0.1) is 0 Å². The number of ether oxygens (including phenoxy) is 1. The first-order valence-corrected chi connectivity index (χ1v) is 5.30. The standard InChI is InChI=1S/C12H16O3/c1-2-15-11-7-10(13)12(14)9-6-4-3-5-8(9)11/h3-6,10-14H,2,7H2,1H3/t10-,11+,12+/m0/s1. The first-order chi connectivity index (χ1) is 7.24. The van der Waals surface area contributed by atoms with Gasteiger partial charge in [0.15, 0.2) is 0 Å². The van der Waals surface area contributed by atoms with Crippen LogP contribution < -0.4 is 0 Å². The van der Waals surface area contributed by atoms with Gasteiger partial charge in [0, 0.05) is 13.0 Å². The van der Waals surface area contributed by atoms with Gasteiger partial charge in [-0.25, -0.2) is 0 Å². The Kier molecular flexibility index (Phi) is 3.05. The van der Waals surface area contributed by atoms with E-state index in [-0.39, 0.29) is 6.10 Å². The van der Waals surface area contributed by atoms with Gasteiger partial charge in [-0.05, 0) is 18.1 Å². The van der Waals surface area contributed by atoms with E-state index in [1.807, 2.05) is 31.2 Å². The third-order valence-electron chi connectivity index (χ3n) is 2.85. The summed E-state index contributed by atoms with van der Waals surface area (Å²) in [5.41, 5.74) is 1.78. The summed E-state index contributed by atoms with van der Waals surface area (Å²) in [4.78, 5) is 0. The van der Waals surface area contributed by atoms with Crippen molar-refractivity contribution in [1.29, 1.82) is 0 Å². The Labute approximate surface area is 89.3 Å². The molecule has 0 saturated heterocycles. The van der Waals surface area contributed by atoms with Gasteiger partial charge in [0.1, 0.15) is 6.10 Å². The monoisotopic (exact) mass is 208 g/mol. The Morgan fingerprint density at radius 1 is 1.27 bits per heavy atom. The van der Waals surface area contributed by atoms with Crippen LogP contribution in [0.15, 0.2) is 24.3 Å². The van der Waals surface area contributed by atoms with E-state index in [9.17, 15) is 10.2 Å². The molecule has 0 saturated carbocycles. The highest BCUT2D eigenvalue weighted by molar-refractivity contribution is 5.34. The molecule has 3 nitrogen and oxygen atoms in total. The summed E-state index contributed by atoms with van der Waals surface area (Å²) in [6.45, 7) is 2.54. The van der Waals surface area contributed by atoms with E-state index in [4.69, 9.17) is 4.74 Å². The maximum absolute atomic E-state index is 9.81. The predicted molar refractivity (Wildman–Crippen MR) is 56.4 cm³/mol. The molecule has 2 N–H and O–H groups in total. The number of hydrogen-bond acceptors (Lipinski definition) is 3. The van der Waals surface area contributed by atoms with E-state index >= 15 is 0 Å². The van der Waals surface area contributed by atoms with E-state index < -0.39 is 12.2 Å². The van der Waals surface area contributed by atoms with Crippen molar-refractivity contribution in [1.82, 2.24) is 0 Å². The lowest BCUT2D eigenvalue weighted by Crippen LogP contribution is -2.29. The second-order valence-corrected chi connectivity index (χ2v) is 3.82. The second kappa shape index (κ2) is 4.31. The molecule has 0 unspecified atom stereocenters. The molecule has 3 heteroatoms. The summed E-state index contributed by atoms with van der Waals surface area (Å²) >= 11 is 0. The molecule has 0 aromatic heterocycles. The zero-order chi connectivity index (χ0) is 10.8. The van der Waals surface area contributed by atoms with Crippen molar-refractivity contribution >= 4 is 0 Å². The van der Waals surface area contributed by atoms with E-state index in [0.717, 1.165) is 11.1 Å². The Balaban J connectivity index is 2.36. The molecule has 0 amide bonds. The van der Waals surface area contributed by atoms with Gasteiger partial charge in [0.25, 0.3) is 0 Å². The maximum Gasteiger partial charge on any atom is 0.105 e. The Bertz CT molecular complexity index is 337. The maximum atomic E-state index is 9.81. The van der Waals surface area contributed by atoms with Crippen molar-refractivity contribution in [3.8, 4) is 0 Å². The summed E-state index contributed by atoms with van der Waals surface area (Å²) in [5.74, 6) is 0. The fourth-order valence-electron chi connectivity index (χ4n) is 2.11. The zero-order valence-electron chi connectivity index (χ0n) is 8.76. The molecule has 1 aliphatic carbocycles. The van der Waals surface area contributed by atoms with Crippen LogP contribution in [0, 0.1) is 0 Å². The summed E-state index contributed by atoms with van der Waals surface area (Å²) in [6.07, 6.45) is -1.13. The van der Waals surface area contributed by atoms with E-state index in [2.05, 4.69) is 0 Å². The highest BCUT2D eigenvalue weighted by Gasteiger charge is 2.32. The summed E-state index contributed by atoms with van der Waals surface area (Å²) in [5, 5.41) is 19.5. The number of benzene rings is 1. The highest BCUT2D eigenvalue weighted by atomic mass is 16.5. The molecule has 1 aromatic rings. The number of hydrogen-bond donors (Lipinski definition) is 2. The van der Waals surface area contributed by atoms with Gasteiger partial charge < -0.3 is 14.9 Å². The quantitative estimate of drug-likeness (QED) is 0.775. The molecule has 1 aromatic carbocycles. The lowest BCUT2D eigenvalue weighted by atomic mass is 9.85. The van der Waals surface area contributed by atoms with Gasteiger partial charge in [0.05, 0.1) is 12.2 Å². The Hall–Kier alpha value is -0.900. The lowest BCUT2D eigenvalue weighted by Gasteiger charge is -2.32. The van der Waals surface area contributed by atoms with Gasteiger partial charge in [-0.2, -0.15) is 0 Å². The fourth-order valence-corrected chi connectivity index (χ4v) is 2.11. The average Bonchev–Trinajstić information content (AvgIpc) is 2.26. The molecule has 82 valence electrons. The normalized spacial score (nSPS) is 29.9. The fraction of sp³-hybridized carbons (Fsp3) is 0.500. The van der Waals surface area contributed by atoms with Crippen LogP contribution >= 0.6 is 0 Å². The SMILES string of the molecule is CCO[C@@H]1C[C@H](O)[C@H](O)c2ccccc21. The van der Waals surface area contributed by atoms with E-state index in [0.29, 0.717) is 13.0 Å². The van der Waals surface area contributed by atoms with E-state index in [1.165, 1.54) is 0 Å². The minimum atomic E-state index is -0.780. The largest absolute Gasteiger partial charge is 0.390 e. The van der Waals surface area contributed by atoms with Crippen molar-refractivity contribution < 1.29 is 14.9 Å². The second-order valence-electron chi connectivity index (χ2n) is 3.82. The van der Waals surface area contributed by atoms with Crippen LogP contribution in [-0.4, -0.2) is 22.9 Å². The molecule has 1 aliphatic rings. The van der Waals surface area contributed by atoms with Crippen LogP contribution in [0.3, 0.4) is 0 Å². The highest BCUT2D eigenvalue weighted by Crippen LogP contribution is 2.37. The average molecular weight is 208 g/mol. The Morgan fingerprint density at radius 2 is 1.93 bits per heavy atom. The molecule has 0 fully saturated rings. The van der Waals surface area contributed by atoms with Gasteiger partial charge in [-0.3, -0.25) is 0 Å². The van der Waals surface area contributed by atoms with Crippen LogP contribution in [0.1, 0.15) is 36.7 Å². The number of aliphatic hydroxyl groups excluding tert-OH is 2. The van der Waals surface area contributed by atoms with Crippen LogP contribution in [0.5, 0.6) is 0 Å². The molecular formula is C12H16O3. The van der Waals surface area contributed by atoms with Crippen LogP contribution in [0.25, 0.3) is 0 Å². The van der Waals surface area contributed by atoms with Gasteiger partial charge >= 0.3 is 0 Å². The van der Waals surface area contributed by atoms with Crippen molar-refractivity contribution in [2.24, 2.45) is 0 Å². The summed E-state index contributed by atoms with van der Waals surface area (Å²) in [6, 6.07) is 7.58. The molecule has 0 radical (unpaired) electrons. The van der Waals surface area contributed by atoms with Crippen molar-refractivity contribution in [3.05, 3.63) is 35.4 Å². The van der Waals surface area contributed by atoms with Crippen LogP contribution in [0.2, 0.25) is 0 Å². The Morgan fingerprint density at radius 3 is 2.60 bits per heavy atom. The molecule has 0 bridgehead atoms. The van der Waals surface area contributed by atoms with Crippen molar-refractivity contribution in [2.75, 3.05) is 6.61 Å². The minimum Gasteiger partial charge on any atom is -0.390 e. The molecule has 0 spiro atoms. The molecule has 0 heterocycles. The van der Waals surface area contributed by atoms with Crippen molar-refractivity contribution in [2.45, 2.75) is 31.7 Å². The van der Waals surface area contributed by atoms with E-state index in [1.54, 1.807) is 0 Å². The first kappa shape index (κ1) is 10.6. The third-order valence-corrected chi connectivity index (χ3v) is 2.85. The molecule has 0 aliphatic heterocycles. The summed E-state index contributed by atoms with van der Waals surface area (Å²) in [7, 11) is 0. The minimum absolute atomic E-state index is 0.0930. The van der Waals surface area contributed by atoms with Gasteiger partial charge in [0.2, 0.25) is 0 Å². The first-order valence-electron chi connectivity index (χ1n) is 5.30. The van der Waals surface area contributed by atoms with Crippen LogP contribution in [-0.2, 0) is 4.74 Å². The number of fused-ring (bicyclic) bond motifs is 1. The van der Waals surface area contributed by atoms with Crippen LogP contribution in [0.4, 0.5) is 0 Å². The zero-order valence-corrected chi connectivity index (χ0v) is 8.76. The smallest absolute Gasteiger partial charge is 0.105 e. The summed E-state index contributed by atoms with van der Waals surface area (Å²) < 4.78 is 5.56. The predicted octanol–water partition coefficient (Wildman–Crippen LogP) is 1.56. The lowest BCUT2D eigenvalue weighted by molar-refractivity contribution is -0.0499. The van der Waals surface area contributed by atoms with Gasteiger partial charge in [-0.1, -0.05) is 24.3 Å².